The standard InChI is InChI=1S/C15H20N4O2/c1-2-13-16-14(18-17-13)10-11-5-7-19(8-6-11)15(20)12-4-3-9-21-12/h3-4,9,11H,2,5-8,10H2,1H3,(H,16,17,18). The molecule has 2 aromatic heterocycles. The van der Waals surface area contributed by atoms with E-state index in [0.29, 0.717) is 11.7 Å². The van der Waals surface area contributed by atoms with E-state index in [-0.39, 0.29) is 5.91 Å². The fraction of sp³-hybridized carbons (Fsp3) is 0.533. The monoisotopic (exact) mass is 288 g/mol. The Labute approximate surface area is 123 Å². The summed E-state index contributed by atoms with van der Waals surface area (Å²) in [7, 11) is 0. The number of aromatic nitrogens is 3. The predicted octanol–water partition coefficient (Wildman–Crippen LogP) is 2.06. The molecule has 3 rings (SSSR count). The molecule has 6 nitrogen and oxygen atoms in total. The number of carbonyl (C=O) groups is 1. The summed E-state index contributed by atoms with van der Waals surface area (Å²) in [5.41, 5.74) is 0. The van der Waals surface area contributed by atoms with E-state index >= 15 is 0 Å². The third-order valence-electron chi connectivity index (χ3n) is 4.01. The van der Waals surface area contributed by atoms with Crippen molar-refractivity contribution in [3.05, 3.63) is 35.8 Å². The molecule has 6 heteroatoms. The maximum atomic E-state index is 12.2. The van der Waals surface area contributed by atoms with Gasteiger partial charge in [-0.25, -0.2) is 4.98 Å². The number of aryl methyl sites for hydroxylation is 1. The van der Waals surface area contributed by atoms with Crippen molar-refractivity contribution < 1.29 is 9.21 Å². The average Bonchev–Trinajstić information content (AvgIpc) is 3.19. The molecule has 1 N–H and O–H groups in total. The first-order chi connectivity index (χ1) is 10.3. The van der Waals surface area contributed by atoms with Gasteiger partial charge in [0.05, 0.1) is 6.26 Å². The lowest BCUT2D eigenvalue weighted by atomic mass is 9.93. The molecule has 0 spiro atoms. The number of aromatic amines is 1. The largest absolute Gasteiger partial charge is 0.459 e. The number of nitrogens with one attached hydrogen (secondary N) is 1. The Bertz CT molecular complexity index is 583. The van der Waals surface area contributed by atoms with Crippen LogP contribution in [-0.4, -0.2) is 39.1 Å². The zero-order chi connectivity index (χ0) is 14.7. The number of furan rings is 1. The van der Waals surface area contributed by atoms with Crippen LogP contribution in [0.25, 0.3) is 0 Å². The van der Waals surface area contributed by atoms with Gasteiger partial charge in [-0.1, -0.05) is 6.92 Å². The number of carbonyl (C=O) groups excluding carboxylic acids is 1. The van der Waals surface area contributed by atoms with Crippen molar-refractivity contribution in [1.29, 1.82) is 0 Å². The van der Waals surface area contributed by atoms with E-state index < -0.39 is 0 Å². The Morgan fingerprint density at radius 2 is 2.29 bits per heavy atom. The van der Waals surface area contributed by atoms with Gasteiger partial charge in [0.2, 0.25) is 0 Å². The number of amides is 1. The summed E-state index contributed by atoms with van der Waals surface area (Å²) in [5.74, 6) is 2.81. The number of piperidine rings is 1. The minimum absolute atomic E-state index is 0.00798. The number of likely N-dealkylation sites (tertiary alicyclic amines) is 1. The van der Waals surface area contributed by atoms with Gasteiger partial charge in [0.25, 0.3) is 5.91 Å². The summed E-state index contributed by atoms with van der Waals surface area (Å²) in [4.78, 5) is 18.5. The molecule has 2 aromatic rings. The maximum Gasteiger partial charge on any atom is 0.289 e. The second-order valence-electron chi connectivity index (χ2n) is 5.47. The summed E-state index contributed by atoms with van der Waals surface area (Å²) in [6, 6.07) is 3.46. The molecule has 1 saturated heterocycles. The van der Waals surface area contributed by atoms with Gasteiger partial charge < -0.3 is 9.32 Å². The van der Waals surface area contributed by atoms with E-state index in [0.717, 1.165) is 50.4 Å². The van der Waals surface area contributed by atoms with Gasteiger partial charge in [-0.15, -0.1) is 0 Å². The first-order valence-electron chi connectivity index (χ1n) is 7.49. The molecule has 0 atom stereocenters. The van der Waals surface area contributed by atoms with Crippen molar-refractivity contribution in [2.75, 3.05) is 13.1 Å². The summed E-state index contributed by atoms with van der Waals surface area (Å²) in [5, 5.41) is 7.17. The fourth-order valence-electron chi connectivity index (χ4n) is 2.75. The molecular formula is C15H20N4O2. The number of hydrogen-bond donors (Lipinski definition) is 1. The minimum Gasteiger partial charge on any atom is -0.459 e. The summed E-state index contributed by atoms with van der Waals surface area (Å²) >= 11 is 0. The zero-order valence-corrected chi connectivity index (χ0v) is 12.2. The minimum atomic E-state index is -0.00798. The van der Waals surface area contributed by atoms with Gasteiger partial charge in [0.15, 0.2) is 5.76 Å². The Morgan fingerprint density at radius 3 is 2.90 bits per heavy atom. The average molecular weight is 288 g/mol. The third-order valence-corrected chi connectivity index (χ3v) is 4.01. The Hall–Kier alpha value is -2.11. The van der Waals surface area contributed by atoms with E-state index in [1.165, 1.54) is 6.26 Å². The van der Waals surface area contributed by atoms with Crippen molar-refractivity contribution in [2.24, 2.45) is 5.92 Å². The normalized spacial score (nSPS) is 16.3. The van der Waals surface area contributed by atoms with Crippen LogP contribution in [0, 0.1) is 5.92 Å². The maximum absolute atomic E-state index is 12.2. The lowest BCUT2D eigenvalue weighted by Crippen LogP contribution is -2.38. The van der Waals surface area contributed by atoms with Gasteiger partial charge in [-0.2, -0.15) is 5.10 Å². The van der Waals surface area contributed by atoms with Crippen molar-refractivity contribution in [3.8, 4) is 0 Å². The highest BCUT2D eigenvalue weighted by atomic mass is 16.3. The van der Waals surface area contributed by atoms with Crippen molar-refractivity contribution in [3.63, 3.8) is 0 Å². The molecule has 1 amide bonds. The molecular weight excluding hydrogens is 268 g/mol. The van der Waals surface area contributed by atoms with E-state index in [9.17, 15) is 4.79 Å². The molecule has 1 aliphatic heterocycles. The Morgan fingerprint density at radius 1 is 1.48 bits per heavy atom. The van der Waals surface area contributed by atoms with E-state index in [4.69, 9.17) is 4.42 Å². The van der Waals surface area contributed by atoms with E-state index in [2.05, 4.69) is 15.2 Å². The molecule has 21 heavy (non-hydrogen) atoms. The highest BCUT2D eigenvalue weighted by Crippen LogP contribution is 2.22. The van der Waals surface area contributed by atoms with Gasteiger partial charge in [-0.05, 0) is 30.9 Å². The number of nitrogens with zero attached hydrogens (tertiary/aromatic N) is 3. The summed E-state index contributed by atoms with van der Waals surface area (Å²) in [6.45, 7) is 3.60. The van der Waals surface area contributed by atoms with Gasteiger partial charge in [0, 0.05) is 25.9 Å². The highest BCUT2D eigenvalue weighted by molar-refractivity contribution is 5.91. The quantitative estimate of drug-likeness (QED) is 0.934. The van der Waals surface area contributed by atoms with Crippen LogP contribution in [0.3, 0.4) is 0 Å². The Kier molecular flexibility index (Phi) is 4.03. The van der Waals surface area contributed by atoms with Crippen LogP contribution in [0.2, 0.25) is 0 Å². The summed E-state index contributed by atoms with van der Waals surface area (Å²) < 4.78 is 5.17. The van der Waals surface area contributed by atoms with Crippen molar-refractivity contribution in [2.45, 2.75) is 32.6 Å². The third kappa shape index (κ3) is 3.15. The van der Waals surface area contributed by atoms with Crippen LogP contribution in [0.15, 0.2) is 22.8 Å². The Balaban J connectivity index is 1.52. The molecule has 0 bridgehead atoms. The topological polar surface area (TPSA) is 75.0 Å². The SMILES string of the molecule is CCc1n[nH]c(CC2CCN(C(=O)c3ccco3)CC2)n1. The van der Waals surface area contributed by atoms with Crippen molar-refractivity contribution >= 4 is 5.91 Å². The van der Waals surface area contributed by atoms with Crippen LogP contribution in [-0.2, 0) is 12.8 Å². The molecule has 3 heterocycles. The first-order valence-corrected chi connectivity index (χ1v) is 7.49. The molecule has 0 aliphatic carbocycles. The van der Waals surface area contributed by atoms with Gasteiger partial charge >= 0.3 is 0 Å². The second kappa shape index (κ2) is 6.11. The molecule has 0 aromatic carbocycles. The van der Waals surface area contributed by atoms with Crippen molar-refractivity contribution in [1.82, 2.24) is 20.1 Å². The molecule has 1 fully saturated rings. The number of hydrogen-bond acceptors (Lipinski definition) is 4. The molecule has 1 aliphatic rings. The molecule has 0 saturated carbocycles. The van der Waals surface area contributed by atoms with Crippen LogP contribution in [0.4, 0.5) is 0 Å². The van der Waals surface area contributed by atoms with E-state index in [1.54, 1.807) is 12.1 Å². The van der Waals surface area contributed by atoms with Crippen LogP contribution in [0.5, 0.6) is 0 Å². The number of rotatable bonds is 4. The second-order valence-corrected chi connectivity index (χ2v) is 5.47. The predicted molar refractivity (Wildman–Crippen MR) is 76.8 cm³/mol. The van der Waals surface area contributed by atoms with Gasteiger partial charge in [0.1, 0.15) is 11.6 Å². The number of H-pyrrole nitrogens is 1. The van der Waals surface area contributed by atoms with Crippen LogP contribution >= 0.6 is 0 Å². The first kappa shape index (κ1) is 13.9. The van der Waals surface area contributed by atoms with Gasteiger partial charge in [-0.3, -0.25) is 9.89 Å². The molecule has 0 radical (unpaired) electrons. The zero-order valence-electron chi connectivity index (χ0n) is 12.2. The fourth-order valence-corrected chi connectivity index (χ4v) is 2.75. The molecule has 112 valence electrons. The lowest BCUT2D eigenvalue weighted by Gasteiger charge is -2.31. The van der Waals surface area contributed by atoms with Crippen LogP contribution < -0.4 is 0 Å². The highest BCUT2D eigenvalue weighted by Gasteiger charge is 2.25. The lowest BCUT2D eigenvalue weighted by molar-refractivity contribution is 0.0658. The van der Waals surface area contributed by atoms with Crippen LogP contribution in [0.1, 0.15) is 42.0 Å². The van der Waals surface area contributed by atoms with E-state index in [1.807, 2.05) is 11.8 Å². The summed E-state index contributed by atoms with van der Waals surface area (Å²) in [6.07, 6.45) is 5.29. The molecule has 0 unspecified atom stereocenters. The smallest absolute Gasteiger partial charge is 0.289 e.